The molecule has 1 aromatic heterocycles. The molecular formula is C18H23FN2O2. The maximum absolute atomic E-state index is 14.2. The Morgan fingerprint density at radius 3 is 2.52 bits per heavy atom. The number of benzene rings is 1. The molecule has 0 spiro atoms. The van der Waals surface area contributed by atoms with Crippen molar-refractivity contribution in [1.29, 1.82) is 0 Å². The number of nitrogens with one attached hydrogen (secondary N) is 1. The summed E-state index contributed by atoms with van der Waals surface area (Å²) in [5.41, 5.74) is 2.09. The molecule has 23 heavy (non-hydrogen) atoms. The molecule has 2 rings (SSSR count). The van der Waals surface area contributed by atoms with Crippen LogP contribution in [0.1, 0.15) is 50.6 Å². The van der Waals surface area contributed by atoms with Gasteiger partial charge < -0.3 is 10.1 Å². The topological polar surface area (TPSA) is 51.2 Å². The van der Waals surface area contributed by atoms with Crippen LogP contribution in [0.4, 0.5) is 9.18 Å². The van der Waals surface area contributed by atoms with E-state index >= 15 is 0 Å². The number of carbonyl (C=O) groups is 1. The molecule has 1 unspecified atom stereocenters. The molecule has 0 aliphatic heterocycles. The minimum atomic E-state index is -0.567. The molecule has 1 aromatic carbocycles. The number of halogens is 1. The van der Waals surface area contributed by atoms with Crippen molar-refractivity contribution < 1.29 is 13.9 Å². The number of aromatic nitrogens is 1. The van der Waals surface area contributed by atoms with Gasteiger partial charge in [-0.1, -0.05) is 0 Å². The lowest BCUT2D eigenvalue weighted by molar-refractivity contribution is 0.0508. The van der Waals surface area contributed by atoms with E-state index in [1.165, 1.54) is 6.07 Å². The van der Waals surface area contributed by atoms with Crippen molar-refractivity contribution >= 4 is 17.0 Å². The molecule has 0 aliphatic carbocycles. The Hall–Kier alpha value is -2.17. The van der Waals surface area contributed by atoms with Gasteiger partial charge >= 0.3 is 6.09 Å². The Labute approximate surface area is 136 Å². The molecule has 0 bridgehead atoms. The third-order valence-electron chi connectivity index (χ3n) is 3.37. The molecule has 0 aliphatic rings. The lowest BCUT2D eigenvalue weighted by Crippen LogP contribution is -2.34. The first kappa shape index (κ1) is 17.2. The zero-order valence-electron chi connectivity index (χ0n) is 14.5. The molecule has 5 heteroatoms. The number of pyridine rings is 1. The number of amides is 1. The Balaban J connectivity index is 2.40. The highest BCUT2D eigenvalue weighted by molar-refractivity contribution is 5.84. The van der Waals surface area contributed by atoms with Crippen LogP contribution in [0.2, 0.25) is 0 Å². The summed E-state index contributed by atoms with van der Waals surface area (Å²) < 4.78 is 19.5. The quantitative estimate of drug-likeness (QED) is 0.882. The molecule has 2 aromatic rings. The second-order valence-electron chi connectivity index (χ2n) is 6.86. The molecule has 4 nitrogen and oxygen atoms in total. The number of nitrogens with zero attached hydrogens (tertiary/aromatic N) is 1. The van der Waals surface area contributed by atoms with Gasteiger partial charge in [0, 0.05) is 11.1 Å². The number of rotatable bonds is 2. The number of hydrogen-bond acceptors (Lipinski definition) is 3. The van der Waals surface area contributed by atoms with Crippen LogP contribution in [0.15, 0.2) is 18.2 Å². The van der Waals surface area contributed by atoms with Gasteiger partial charge in [-0.3, -0.25) is 4.98 Å². The number of ether oxygens (including phenoxy) is 1. The minimum absolute atomic E-state index is 0.323. The van der Waals surface area contributed by atoms with E-state index in [0.29, 0.717) is 16.6 Å². The van der Waals surface area contributed by atoms with E-state index in [0.717, 1.165) is 11.1 Å². The number of hydrogen-bond donors (Lipinski definition) is 1. The van der Waals surface area contributed by atoms with Crippen molar-refractivity contribution in [2.45, 2.75) is 53.2 Å². The predicted octanol–water partition coefficient (Wildman–Crippen LogP) is 4.58. The predicted molar refractivity (Wildman–Crippen MR) is 89.0 cm³/mol. The molecule has 0 radical (unpaired) electrons. The molecule has 0 saturated carbocycles. The van der Waals surface area contributed by atoms with Gasteiger partial charge in [0.1, 0.15) is 16.9 Å². The number of carbonyl (C=O) groups excluding carboxylic acids is 1. The first-order chi connectivity index (χ1) is 10.6. The van der Waals surface area contributed by atoms with Crippen LogP contribution < -0.4 is 5.32 Å². The number of aryl methyl sites for hydroxylation is 2. The van der Waals surface area contributed by atoms with Crippen molar-refractivity contribution in [3.05, 3.63) is 40.8 Å². The van der Waals surface area contributed by atoms with Gasteiger partial charge in [0.25, 0.3) is 0 Å². The fraction of sp³-hybridized carbons (Fsp3) is 0.444. The highest BCUT2D eigenvalue weighted by Crippen LogP contribution is 2.27. The van der Waals surface area contributed by atoms with Crippen molar-refractivity contribution in [3.8, 4) is 0 Å². The summed E-state index contributed by atoms with van der Waals surface area (Å²) in [6.45, 7) is 10.9. The summed E-state index contributed by atoms with van der Waals surface area (Å²) >= 11 is 0. The van der Waals surface area contributed by atoms with Crippen LogP contribution in [0, 0.1) is 19.7 Å². The molecule has 124 valence electrons. The van der Waals surface area contributed by atoms with Crippen molar-refractivity contribution in [2.75, 3.05) is 0 Å². The van der Waals surface area contributed by atoms with Crippen LogP contribution in [-0.4, -0.2) is 16.7 Å². The third-order valence-corrected chi connectivity index (χ3v) is 3.37. The van der Waals surface area contributed by atoms with Gasteiger partial charge in [-0.15, -0.1) is 0 Å². The molecule has 1 amide bonds. The zero-order chi connectivity index (χ0) is 17.4. The van der Waals surface area contributed by atoms with E-state index in [1.807, 2.05) is 53.7 Å². The Morgan fingerprint density at radius 2 is 1.91 bits per heavy atom. The Morgan fingerprint density at radius 1 is 1.26 bits per heavy atom. The van der Waals surface area contributed by atoms with Gasteiger partial charge in [0.2, 0.25) is 0 Å². The van der Waals surface area contributed by atoms with Crippen molar-refractivity contribution in [1.82, 2.24) is 10.3 Å². The van der Waals surface area contributed by atoms with Crippen LogP contribution in [0.3, 0.4) is 0 Å². The number of alkyl carbamates (subject to hydrolysis) is 1. The number of fused-ring (bicyclic) bond motifs is 1. The average molecular weight is 318 g/mol. The van der Waals surface area contributed by atoms with Crippen LogP contribution in [-0.2, 0) is 4.74 Å². The lowest BCUT2D eigenvalue weighted by Gasteiger charge is -2.23. The van der Waals surface area contributed by atoms with Gasteiger partial charge in [0.15, 0.2) is 0 Å². The molecule has 0 fully saturated rings. The first-order valence-corrected chi connectivity index (χ1v) is 7.64. The molecule has 1 heterocycles. The fourth-order valence-corrected chi connectivity index (χ4v) is 2.50. The third kappa shape index (κ3) is 4.18. The highest BCUT2D eigenvalue weighted by atomic mass is 19.1. The second-order valence-corrected chi connectivity index (χ2v) is 6.86. The monoisotopic (exact) mass is 318 g/mol. The SMILES string of the molecule is Cc1cc(F)c2nc(C)cc(C(C)NC(=O)OC(C)(C)C)c2c1. The summed E-state index contributed by atoms with van der Waals surface area (Å²) in [5, 5.41) is 3.50. The Bertz CT molecular complexity index is 751. The minimum Gasteiger partial charge on any atom is -0.444 e. The van der Waals surface area contributed by atoms with Crippen molar-refractivity contribution in [2.24, 2.45) is 0 Å². The Kier molecular flexibility index (Phi) is 4.59. The summed E-state index contributed by atoms with van der Waals surface area (Å²) in [5.74, 6) is -0.352. The summed E-state index contributed by atoms with van der Waals surface area (Å²) in [4.78, 5) is 16.3. The smallest absolute Gasteiger partial charge is 0.408 e. The van der Waals surface area contributed by atoms with E-state index in [4.69, 9.17) is 4.74 Å². The summed E-state index contributed by atoms with van der Waals surface area (Å²) in [6, 6.07) is 4.89. The molecule has 1 N–H and O–H groups in total. The van der Waals surface area contributed by atoms with Gasteiger partial charge in [-0.2, -0.15) is 0 Å². The maximum Gasteiger partial charge on any atom is 0.408 e. The average Bonchev–Trinajstić information content (AvgIpc) is 2.36. The van der Waals surface area contributed by atoms with E-state index < -0.39 is 11.7 Å². The van der Waals surface area contributed by atoms with Gasteiger partial charge in [0.05, 0.1) is 6.04 Å². The summed E-state index contributed by atoms with van der Waals surface area (Å²) in [6.07, 6.45) is -0.499. The fourth-order valence-electron chi connectivity index (χ4n) is 2.50. The van der Waals surface area contributed by atoms with Crippen LogP contribution >= 0.6 is 0 Å². The second kappa shape index (κ2) is 6.14. The lowest BCUT2D eigenvalue weighted by atomic mass is 10.00. The zero-order valence-corrected chi connectivity index (χ0v) is 14.5. The largest absolute Gasteiger partial charge is 0.444 e. The van der Waals surface area contributed by atoms with E-state index in [-0.39, 0.29) is 11.9 Å². The highest BCUT2D eigenvalue weighted by Gasteiger charge is 2.20. The first-order valence-electron chi connectivity index (χ1n) is 7.64. The molecular weight excluding hydrogens is 295 g/mol. The molecule has 0 saturated heterocycles. The van der Waals surface area contributed by atoms with Gasteiger partial charge in [-0.25, -0.2) is 9.18 Å². The summed E-state index contributed by atoms with van der Waals surface area (Å²) in [7, 11) is 0. The molecule has 1 atom stereocenters. The van der Waals surface area contributed by atoms with Gasteiger partial charge in [-0.05, 0) is 70.9 Å². The normalized spacial score (nSPS) is 13.0. The van der Waals surface area contributed by atoms with Crippen LogP contribution in [0.25, 0.3) is 10.9 Å². The van der Waals surface area contributed by atoms with E-state index in [1.54, 1.807) is 0 Å². The van der Waals surface area contributed by atoms with E-state index in [2.05, 4.69) is 10.3 Å². The standard InChI is InChI=1S/C18H23FN2O2/c1-10-7-14-13(9-11(2)20-16(14)15(19)8-10)12(3)21-17(22)23-18(4,5)6/h7-9,12H,1-6H3,(H,21,22). The van der Waals surface area contributed by atoms with Crippen LogP contribution in [0.5, 0.6) is 0 Å². The van der Waals surface area contributed by atoms with Crippen molar-refractivity contribution in [3.63, 3.8) is 0 Å². The maximum atomic E-state index is 14.2. The van der Waals surface area contributed by atoms with E-state index in [9.17, 15) is 9.18 Å².